The fraction of sp³-hybridized carbons (Fsp3) is 0.750. The maximum Gasteiger partial charge on any atom is 0.325 e. The Hall–Kier alpha value is -11.4. The van der Waals surface area contributed by atoms with Crippen LogP contribution in [-0.4, -0.2) is 409 Å². The van der Waals surface area contributed by atoms with Crippen molar-refractivity contribution in [3.05, 3.63) is 0 Å². The van der Waals surface area contributed by atoms with E-state index in [0.717, 1.165) is 69.2 Å². The monoisotopic (exact) mass is 2000 g/mol. The van der Waals surface area contributed by atoms with Gasteiger partial charge in [0.25, 0.3) is 0 Å². The number of carboxylic acid groups (broad SMARTS) is 1. The van der Waals surface area contributed by atoms with Crippen molar-refractivity contribution in [1.82, 2.24) is 79.8 Å². The third-order valence-electron chi connectivity index (χ3n) is 22.2. The van der Waals surface area contributed by atoms with E-state index in [-0.39, 0.29) is 51.6 Å². The van der Waals surface area contributed by atoms with Crippen LogP contribution in [0.3, 0.4) is 0 Å². The first-order valence-corrected chi connectivity index (χ1v) is 44.3. The van der Waals surface area contributed by atoms with Crippen LogP contribution in [-0.2, 0) is 134 Å². The standard InChI is InChI=1S/C80H134N20O39/c1-29(88-72(124)33(5)132-63-55(94-37(9)107)77(130)134-47(27-103)61(63)138-79-53(92-35(7)105)59(115)57(113)45(25-101)136-79)69(121)98-40(66(83)118)17-19-49(109)96-42(15-11-13-21-86-51(111)23-39(81)65(82)117)74(126)90-31(3)71(123)100-44(68(85)120)24-52(112)87-22-14-12-16-43(75(127)91-32(4)76(128)129)97-50(110)20-18-41(67(84)119)99-70(122)30(2)89-73(125)34(6)133-64-56(95-38(10)108)78(131)135-48(28-104)62(64)139-80-54(93-36(8)106)60(116)58(114)46(26-102)137-80/h29-34,39-48,53-64,77-80,101-104,113-116,130-131H,11-28,81H2,1-10H3,(H2,82,117)(H2,83,118)(H2,84,119)(H2,85,120)(H,86,111)(H,87,112)(H,88,124)(H,89,125)(H,90,126)(H,91,127)(H,92,105)(H,93,106)(H,94,107)(H,95,108)(H,96,109)(H,97,110)(H,98,121)(H,99,122)(H,100,123)(H,128,129). The Morgan fingerprint density at radius 2 is 0.647 bits per heavy atom. The van der Waals surface area contributed by atoms with Crippen LogP contribution < -0.4 is 108 Å². The average molecular weight is 2000 g/mol. The number of hydrogen-bond donors (Lipinski definition) is 31. The van der Waals surface area contributed by atoms with Crippen molar-refractivity contribution in [2.45, 2.75) is 341 Å². The molecule has 0 saturated carbocycles. The normalized spacial score (nSPS) is 27.1. The summed E-state index contributed by atoms with van der Waals surface area (Å²) in [5, 5.41) is 151. The number of unbranched alkanes of at least 4 members (excludes halogenated alkanes) is 2. The predicted molar refractivity (Wildman–Crippen MR) is 464 cm³/mol. The van der Waals surface area contributed by atoms with Gasteiger partial charge >= 0.3 is 5.97 Å². The summed E-state index contributed by atoms with van der Waals surface area (Å²) in [4.78, 5) is 260. The molecule has 0 aromatic rings. The van der Waals surface area contributed by atoms with Gasteiger partial charge in [-0.2, -0.15) is 0 Å². The summed E-state index contributed by atoms with van der Waals surface area (Å²) in [6.07, 6.45) is -35.3. The number of aliphatic hydroxyl groups is 10. The lowest BCUT2D eigenvalue weighted by Gasteiger charge is -2.48. The van der Waals surface area contributed by atoms with E-state index in [1.165, 1.54) is 0 Å². The Balaban J connectivity index is 1.38. The summed E-state index contributed by atoms with van der Waals surface area (Å²) in [6.45, 7) is 7.06. The van der Waals surface area contributed by atoms with E-state index in [1.807, 2.05) is 0 Å². The number of nitrogens with two attached hydrogens (primary N) is 5. The van der Waals surface area contributed by atoms with Crippen LogP contribution in [0.15, 0.2) is 0 Å². The number of rotatable bonds is 57. The molecule has 139 heavy (non-hydrogen) atoms. The second-order valence-electron chi connectivity index (χ2n) is 33.6. The molecule has 0 aliphatic carbocycles. The minimum Gasteiger partial charge on any atom is -0.480 e. The molecular formula is C80H134N20O39. The number of aliphatic hydroxyl groups excluding tert-OH is 10. The molecule has 4 aliphatic rings. The number of hydrogen-bond acceptors (Lipinski definition) is 39. The zero-order chi connectivity index (χ0) is 105. The molecular weight excluding hydrogens is 1860 g/mol. The van der Waals surface area contributed by atoms with Gasteiger partial charge in [0.1, 0.15) is 164 Å². The molecule has 59 heteroatoms. The summed E-state index contributed by atoms with van der Waals surface area (Å²) < 4.78 is 46.6. The summed E-state index contributed by atoms with van der Waals surface area (Å²) in [6, 6.07) is -22.1. The molecule has 0 bridgehead atoms. The smallest absolute Gasteiger partial charge is 0.325 e. The zero-order valence-corrected chi connectivity index (χ0v) is 77.9. The predicted octanol–water partition coefficient (Wildman–Crippen LogP) is -17.7. The highest BCUT2D eigenvalue weighted by Crippen LogP contribution is 2.34. The van der Waals surface area contributed by atoms with E-state index < -0.39 is 378 Å². The lowest BCUT2D eigenvalue weighted by molar-refractivity contribution is -0.333. The summed E-state index contributed by atoms with van der Waals surface area (Å²) in [7, 11) is 0. The topological polar surface area (TPSA) is 948 Å². The molecule has 4 heterocycles. The lowest BCUT2D eigenvalue weighted by atomic mass is 9.94. The van der Waals surface area contributed by atoms with Crippen LogP contribution in [0.4, 0.5) is 0 Å². The summed E-state index contributed by atoms with van der Waals surface area (Å²) in [5.74, 6) is -20.1. The quantitative estimate of drug-likeness (QED) is 0.0251. The number of nitrogens with one attached hydrogen (secondary N) is 15. The van der Waals surface area contributed by atoms with Gasteiger partial charge in [0.15, 0.2) is 25.2 Å². The van der Waals surface area contributed by atoms with Gasteiger partial charge in [-0.15, -0.1) is 0 Å². The maximum absolute atomic E-state index is 14.0. The van der Waals surface area contributed by atoms with Crippen LogP contribution in [0.5, 0.6) is 0 Å². The molecule has 32 atom stereocenters. The van der Waals surface area contributed by atoms with Crippen molar-refractivity contribution in [2.24, 2.45) is 28.7 Å². The van der Waals surface area contributed by atoms with Gasteiger partial charge in [0.05, 0.1) is 45.3 Å². The number of aliphatic carboxylic acids is 1. The first kappa shape index (κ1) is 120. The number of carbonyl (C=O) groups excluding carboxylic acids is 19. The van der Waals surface area contributed by atoms with Crippen molar-refractivity contribution in [3.63, 3.8) is 0 Å². The highest BCUT2D eigenvalue weighted by Gasteiger charge is 2.56. The molecule has 788 valence electrons. The molecule has 19 amide bonds. The Kier molecular flexibility index (Phi) is 50.1. The third-order valence-corrected chi connectivity index (χ3v) is 22.2. The average Bonchev–Trinajstić information content (AvgIpc) is 0.775. The second kappa shape index (κ2) is 58.0. The Labute approximate surface area is 794 Å². The minimum absolute atomic E-state index is 0.00936. The van der Waals surface area contributed by atoms with Crippen molar-refractivity contribution < 1.29 is 190 Å². The zero-order valence-electron chi connectivity index (χ0n) is 77.9. The fourth-order valence-corrected chi connectivity index (χ4v) is 14.5. The number of primary amides is 4. The molecule has 4 aliphatic heterocycles. The molecule has 4 fully saturated rings. The highest BCUT2D eigenvalue weighted by atomic mass is 16.7. The maximum atomic E-state index is 14.0. The molecule has 4 rings (SSSR count). The lowest BCUT2D eigenvalue weighted by Crippen LogP contribution is -2.70. The summed E-state index contributed by atoms with van der Waals surface area (Å²) in [5.41, 5.74) is 27.6. The largest absolute Gasteiger partial charge is 0.480 e. The molecule has 4 saturated heterocycles. The Morgan fingerprint density at radius 1 is 0.331 bits per heavy atom. The van der Waals surface area contributed by atoms with E-state index in [2.05, 4.69) is 79.8 Å². The molecule has 0 aromatic carbocycles. The van der Waals surface area contributed by atoms with Crippen LogP contribution >= 0.6 is 0 Å². The van der Waals surface area contributed by atoms with Gasteiger partial charge < -0.3 is 202 Å². The van der Waals surface area contributed by atoms with Gasteiger partial charge in [0, 0.05) is 53.6 Å². The van der Waals surface area contributed by atoms with Crippen LogP contribution in [0, 0.1) is 0 Å². The van der Waals surface area contributed by atoms with E-state index in [0.29, 0.717) is 0 Å². The van der Waals surface area contributed by atoms with Crippen molar-refractivity contribution in [1.29, 1.82) is 0 Å². The third kappa shape index (κ3) is 38.3. The van der Waals surface area contributed by atoms with Crippen LogP contribution in [0.2, 0.25) is 0 Å². The van der Waals surface area contributed by atoms with E-state index in [9.17, 15) is 152 Å². The van der Waals surface area contributed by atoms with Crippen LogP contribution in [0.25, 0.3) is 0 Å². The minimum atomic E-state index is -1.98. The molecule has 32 unspecified atom stereocenters. The SMILES string of the molecule is CC(=O)NC1C(OC2C(CO)OC(O)C(NC(C)=O)C2OC(C)C(=O)NC(C)C(=O)NC(CCC(=O)NC(CCCCNC(=O)CC(NC(=O)C(C)NC(=O)C(CCCCNC(=O)CC(N)C(N)=O)NC(=O)CCC(NC(=O)C(C)NC(=O)C(C)OC2C(NC(C)=O)C(O)OC(CO)C2OC2OC(CO)C(O)C(O)C2NC(C)=O)C(N)=O)C(N)=O)C(=O)NC(C)C(=O)O)C(N)=O)OC(CO)C(O)C1O. The van der Waals surface area contributed by atoms with E-state index >= 15 is 0 Å². The van der Waals surface area contributed by atoms with Crippen LogP contribution in [0.1, 0.15) is 146 Å². The fourth-order valence-electron chi connectivity index (χ4n) is 14.5. The molecule has 0 spiro atoms. The van der Waals surface area contributed by atoms with Gasteiger partial charge in [-0.25, -0.2) is 0 Å². The first-order valence-electron chi connectivity index (χ1n) is 44.3. The highest BCUT2D eigenvalue weighted by molar-refractivity contribution is 5.97. The van der Waals surface area contributed by atoms with Gasteiger partial charge in [-0.3, -0.25) is 95.9 Å². The van der Waals surface area contributed by atoms with Gasteiger partial charge in [0.2, 0.25) is 112 Å². The Bertz CT molecular complexity index is 4230. The van der Waals surface area contributed by atoms with Crippen molar-refractivity contribution in [2.75, 3.05) is 39.5 Å². The molecule has 0 radical (unpaired) electrons. The van der Waals surface area contributed by atoms with Crippen molar-refractivity contribution >= 4 is 118 Å². The van der Waals surface area contributed by atoms with E-state index in [1.54, 1.807) is 0 Å². The molecule has 36 N–H and O–H groups in total. The number of carbonyl (C=O) groups is 20. The first-order chi connectivity index (χ1) is 65.1. The Morgan fingerprint density at radius 3 is 0.964 bits per heavy atom. The number of carboxylic acids is 1. The molecule has 0 aromatic heterocycles. The van der Waals surface area contributed by atoms with Crippen molar-refractivity contribution in [3.8, 4) is 0 Å². The second-order valence-corrected chi connectivity index (χ2v) is 33.6. The molecule has 59 nitrogen and oxygen atoms in total. The van der Waals surface area contributed by atoms with E-state index in [4.69, 9.17) is 66.6 Å². The van der Waals surface area contributed by atoms with Gasteiger partial charge in [-0.1, -0.05) is 0 Å². The summed E-state index contributed by atoms with van der Waals surface area (Å²) >= 11 is 0. The van der Waals surface area contributed by atoms with Gasteiger partial charge in [-0.05, 0) is 92.9 Å². The number of amides is 19. The number of ether oxygens (including phenoxy) is 8.